The standard InChI is InChI=1S/C17H22BrNS/c1-5-19-16(15-14(18)11-12(2)20-15)17(3,4)13-9-7-6-8-10-13/h6-11,16,19H,5H2,1-4H3. The van der Waals surface area contributed by atoms with Gasteiger partial charge in [0.2, 0.25) is 0 Å². The highest BCUT2D eigenvalue weighted by Crippen LogP contribution is 2.42. The van der Waals surface area contributed by atoms with Crippen LogP contribution in [0.25, 0.3) is 0 Å². The van der Waals surface area contributed by atoms with E-state index in [1.54, 1.807) is 0 Å². The Morgan fingerprint density at radius 3 is 2.40 bits per heavy atom. The number of rotatable bonds is 5. The van der Waals surface area contributed by atoms with E-state index in [-0.39, 0.29) is 5.41 Å². The first kappa shape index (κ1) is 15.7. The summed E-state index contributed by atoms with van der Waals surface area (Å²) in [7, 11) is 0. The fourth-order valence-corrected chi connectivity index (χ4v) is 4.75. The van der Waals surface area contributed by atoms with E-state index in [2.05, 4.69) is 85.3 Å². The molecular formula is C17H22BrNS. The lowest BCUT2D eigenvalue weighted by Gasteiger charge is -2.35. The fraction of sp³-hybridized carbons (Fsp3) is 0.412. The van der Waals surface area contributed by atoms with E-state index in [0.717, 1.165) is 6.54 Å². The zero-order valence-electron chi connectivity index (χ0n) is 12.5. The van der Waals surface area contributed by atoms with Crippen LogP contribution in [0, 0.1) is 6.92 Å². The van der Waals surface area contributed by atoms with Crippen molar-refractivity contribution in [2.75, 3.05) is 6.54 Å². The first-order chi connectivity index (χ1) is 9.46. The minimum atomic E-state index is 0.0388. The molecule has 0 saturated heterocycles. The van der Waals surface area contributed by atoms with Crippen molar-refractivity contribution in [3.8, 4) is 0 Å². The smallest absolute Gasteiger partial charge is 0.0519 e. The van der Waals surface area contributed by atoms with Crippen LogP contribution in [0.1, 0.15) is 42.1 Å². The highest BCUT2D eigenvalue weighted by atomic mass is 79.9. The van der Waals surface area contributed by atoms with Gasteiger partial charge in [-0.1, -0.05) is 51.1 Å². The lowest BCUT2D eigenvalue weighted by atomic mass is 9.77. The first-order valence-corrected chi connectivity index (χ1v) is 8.62. The van der Waals surface area contributed by atoms with Crippen LogP contribution < -0.4 is 5.32 Å². The second kappa shape index (κ2) is 6.42. The predicted octanol–water partition coefficient (Wildman–Crippen LogP) is 5.45. The lowest BCUT2D eigenvalue weighted by molar-refractivity contribution is 0.358. The molecule has 20 heavy (non-hydrogen) atoms. The van der Waals surface area contributed by atoms with Crippen molar-refractivity contribution in [2.24, 2.45) is 0 Å². The molecule has 2 rings (SSSR count). The van der Waals surface area contributed by atoms with Crippen molar-refractivity contribution < 1.29 is 0 Å². The van der Waals surface area contributed by atoms with E-state index in [1.165, 1.54) is 19.8 Å². The second-order valence-corrected chi connectivity index (χ2v) is 7.79. The van der Waals surface area contributed by atoms with Crippen LogP contribution in [0.2, 0.25) is 0 Å². The number of nitrogens with one attached hydrogen (secondary N) is 1. The van der Waals surface area contributed by atoms with Crippen LogP contribution in [0.3, 0.4) is 0 Å². The largest absolute Gasteiger partial charge is 0.309 e. The minimum Gasteiger partial charge on any atom is -0.309 e. The molecule has 1 atom stereocenters. The molecule has 3 heteroatoms. The van der Waals surface area contributed by atoms with Gasteiger partial charge in [-0.3, -0.25) is 0 Å². The van der Waals surface area contributed by atoms with Gasteiger partial charge in [-0.2, -0.15) is 0 Å². The molecule has 0 amide bonds. The highest BCUT2D eigenvalue weighted by Gasteiger charge is 2.34. The van der Waals surface area contributed by atoms with Crippen LogP contribution in [0.5, 0.6) is 0 Å². The van der Waals surface area contributed by atoms with E-state index < -0.39 is 0 Å². The zero-order valence-corrected chi connectivity index (χ0v) is 14.9. The van der Waals surface area contributed by atoms with Gasteiger partial charge in [0.05, 0.1) is 6.04 Å². The van der Waals surface area contributed by atoms with Gasteiger partial charge in [-0.25, -0.2) is 0 Å². The quantitative estimate of drug-likeness (QED) is 0.755. The predicted molar refractivity (Wildman–Crippen MR) is 92.6 cm³/mol. The molecule has 0 aliphatic heterocycles. The maximum absolute atomic E-state index is 3.72. The zero-order chi connectivity index (χ0) is 14.8. The second-order valence-electron chi connectivity index (χ2n) is 5.65. The van der Waals surface area contributed by atoms with Crippen LogP contribution in [-0.4, -0.2) is 6.54 Å². The van der Waals surface area contributed by atoms with E-state index in [1.807, 2.05) is 11.3 Å². The fourth-order valence-electron chi connectivity index (χ4n) is 2.61. The van der Waals surface area contributed by atoms with Crippen molar-refractivity contribution in [2.45, 2.75) is 39.2 Å². The summed E-state index contributed by atoms with van der Waals surface area (Å²) < 4.78 is 1.22. The summed E-state index contributed by atoms with van der Waals surface area (Å²) in [5.74, 6) is 0. The summed E-state index contributed by atoms with van der Waals surface area (Å²) >= 11 is 5.60. The number of benzene rings is 1. The van der Waals surface area contributed by atoms with Gasteiger partial charge < -0.3 is 5.32 Å². The number of likely N-dealkylation sites (N-methyl/N-ethyl adjacent to an activating group) is 1. The molecule has 0 bridgehead atoms. The van der Waals surface area contributed by atoms with E-state index in [4.69, 9.17) is 0 Å². The van der Waals surface area contributed by atoms with Gasteiger partial charge >= 0.3 is 0 Å². The maximum Gasteiger partial charge on any atom is 0.0519 e. The van der Waals surface area contributed by atoms with Crippen molar-refractivity contribution in [1.29, 1.82) is 0 Å². The van der Waals surface area contributed by atoms with Crippen molar-refractivity contribution >= 4 is 27.3 Å². The van der Waals surface area contributed by atoms with Crippen molar-refractivity contribution in [3.05, 3.63) is 56.2 Å². The summed E-state index contributed by atoms with van der Waals surface area (Å²) in [4.78, 5) is 2.73. The minimum absolute atomic E-state index is 0.0388. The third kappa shape index (κ3) is 3.16. The summed E-state index contributed by atoms with van der Waals surface area (Å²) in [6.07, 6.45) is 0. The molecule has 1 nitrogen and oxygen atoms in total. The van der Waals surface area contributed by atoms with Crippen LogP contribution >= 0.6 is 27.3 Å². The topological polar surface area (TPSA) is 12.0 Å². The molecule has 108 valence electrons. The van der Waals surface area contributed by atoms with Crippen LogP contribution in [0.15, 0.2) is 40.9 Å². The van der Waals surface area contributed by atoms with Gasteiger partial charge in [0, 0.05) is 19.6 Å². The average Bonchev–Trinajstić information content (AvgIpc) is 2.75. The molecule has 0 aliphatic rings. The Morgan fingerprint density at radius 1 is 1.25 bits per heavy atom. The molecule has 1 unspecified atom stereocenters. The van der Waals surface area contributed by atoms with Crippen molar-refractivity contribution in [1.82, 2.24) is 5.32 Å². The monoisotopic (exact) mass is 351 g/mol. The summed E-state index contributed by atoms with van der Waals surface area (Å²) in [5, 5.41) is 3.67. The summed E-state index contributed by atoms with van der Waals surface area (Å²) in [6, 6.07) is 13.3. The SMILES string of the molecule is CCNC(c1sc(C)cc1Br)C(C)(C)c1ccccc1. The Bertz CT molecular complexity index is 560. The van der Waals surface area contributed by atoms with Crippen LogP contribution in [-0.2, 0) is 5.41 Å². The molecule has 1 heterocycles. The molecule has 0 spiro atoms. The Balaban J connectivity index is 2.45. The number of thiophene rings is 1. The Kier molecular flexibility index (Phi) is 5.05. The lowest BCUT2D eigenvalue weighted by Crippen LogP contribution is -2.37. The van der Waals surface area contributed by atoms with Gasteiger partial charge in [0.1, 0.15) is 0 Å². The summed E-state index contributed by atoms with van der Waals surface area (Å²) in [5.41, 5.74) is 1.40. The molecule has 0 aliphatic carbocycles. The Hall–Kier alpha value is -0.640. The molecule has 0 fully saturated rings. The van der Waals surface area contributed by atoms with Crippen LogP contribution in [0.4, 0.5) is 0 Å². The molecule has 1 aromatic carbocycles. The van der Waals surface area contributed by atoms with Crippen molar-refractivity contribution in [3.63, 3.8) is 0 Å². The first-order valence-electron chi connectivity index (χ1n) is 7.01. The maximum atomic E-state index is 3.72. The highest BCUT2D eigenvalue weighted by molar-refractivity contribution is 9.10. The number of hydrogen-bond donors (Lipinski definition) is 1. The van der Waals surface area contributed by atoms with E-state index >= 15 is 0 Å². The van der Waals surface area contributed by atoms with Gasteiger partial charge in [0.25, 0.3) is 0 Å². The molecule has 1 aromatic heterocycles. The van der Waals surface area contributed by atoms with Gasteiger partial charge in [0.15, 0.2) is 0 Å². The Morgan fingerprint density at radius 2 is 1.90 bits per heavy atom. The summed E-state index contributed by atoms with van der Waals surface area (Å²) in [6.45, 7) is 9.93. The molecule has 1 N–H and O–H groups in total. The molecule has 2 aromatic rings. The third-order valence-electron chi connectivity index (χ3n) is 3.75. The van der Waals surface area contributed by atoms with Gasteiger partial charge in [-0.15, -0.1) is 11.3 Å². The number of aryl methyl sites for hydroxylation is 1. The Labute approximate surface area is 134 Å². The van der Waals surface area contributed by atoms with Gasteiger partial charge in [-0.05, 0) is 41.0 Å². The number of halogens is 1. The van der Waals surface area contributed by atoms with E-state index in [9.17, 15) is 0 Å². The molecular weight excluding hydrogens is 330 g/mol. The molecule has 0 radical (unpaired) electrons. The molecule has 0 saturated carbocycles. The number of hydrogen-bond acceptors (Lipinski definition) is 2. The van der Waals surface area contributed by atoms with E-state index in [0.29, 0.717) is 6.04 Å². The normalized spacial score (nSPS) is 13.4. The third-order valence-corrected chi connectivity index (χ3v) is 5.78. The average molecular weight is 352 g/mol.